The molecule has 0 aliphatic rings. The van der Waals surface area contributed by atoms with Crippen LogP contribution in [0.5, 0.6) is 0 Å². The van der Waals surface area contributed by atoms with E-state index in [-0.39, 0.29) is 0 Å². The second kappa shape index (κ2) is 14.0. The van der Waals surface area contributed by atoms with Gasteiger partial charge in [-0.1, -0.05) is 158 Å². The lowest BCUT2D eigenvalue weighted by atomic mass is 9.92. The summed E-state index contributed by atoms with van der Waals surface area (Å²) in [5.74, 6) is 3.67. The van der Waals surface area contributed by atoms with Crippen LogP contribution in [0.15, 0.2) is 182 Å². The molecule has 0 radical (unpaired) electrons. The molecule has 0 spiro atoms. The van der Waals surface area contributed by atoms with Gasteiger partial charge < -0.3 is 0 Å². The van der Waals surface area contributed by atoms with E-state index in [1.807, 2.05) is 121 Å². The summed E-state index contributed by atoms with van der Waals surface area (Å²) in [6, 6.07) is 61.7. The minimum Gasteiger partial charge on any atom is -0.208 e. The maximum absolute atomic E-state index is 5.18. The predicted molar refractivity (Wildman–Crippen MR) is 224 cm³/mol. The smallest absolute Gasteiger partial charge is 0.164 e. The zero-order valence-electron chi connectivity index (χ0n) is 29.4. The molecule has 3 heterocycles. The van der Waals surface area contributed by atoms with Gasteiger partial charge in [-0.15, -0.1) is 11.3 Å². The molecule has 0 aliphatic heterocycles. The first-order valence-corrected chi connectivity index (χ1v) is 18.9. The Hall–Kier alpha value is -7.22. The van der Waals surface area contributed by atoms with Gasteiger partial charge in [-0.25, -0.2) is 29.9 Å². The number of rotatable bonds is 7. The Morgan fingerprint density at radius 2 is 0.691 bits per heavy atom. The van der Waals surface area contributed by atoms with Gasteiger partial charge in [0.25, 0.3) is 0 Å². The van der Waals surface area contributed by atoms with Crippen molar-refractivity contribution in [2.75, 3.05) is 0 Å². The molecule has 10 aromatic rings. The quantitative estimate of drug-likeness (QED) is 0.163. The fourth-order valence-electron chi connectivity index (χ4n) is 6.98. The van der Waals surface area contributed by atoms with Crippen molar-refractivity contribution in [3.63, 3.8) is 0 Å². The van der Waals surface area contributed by atoms with E-state index < -0.39 is 0 Å². The van der Waals surface area contributed by atoms with Crippen molar-refractivity contribution in [3.05, 3.63) is 182 Å². The van der Waals surface area contributed by atoms with Crippen LogP contribution >= 0.6 is 11.3 Å². The third-order valence-electron chi connectivity index (χ3n) is 9.59. The van der Waals surface area contributed by atoms with Crippen LogP contribution in [-0.2, 0) is 0 Å². The van der Waals surface area contributed by atoms with Crippen molar-refractivity contribution in [1.29, 1.82) is 0 Å². The Labute approximate surface area is 321 Å². The highest BCUT2D eigenvalue weighted by molar-refractivity contribution is 7.26. The fourth-order valence-corrected chi connectivity index (χ4v) is 8.10. The average molecular weight is 723 g/mol. The summed E-state index contributed by atoms with van der Waals surface area (Å²) in [5.41, 5.74) is 7.54. The van der Waals surface area contributed by atoms with E-state index in [2.05, 4.69) is 60.7 Å². The molecule has 10 rings (SSSR count). The first-order valence-electron chi connectivity index (χ1n) is 18.0. The van der Waals surface area contributed by atoms with Crippen LogP contribution in [0.2, 0.25) is 0 Å². The molecule has 7 heteroatoms. The van der Waals surface area contributed by atoms with Crippen LogP contribution in [0, 0.1) is 0 Å². The van der Waals surface area contributed by atoms with E-state index in [9.17, 15) is 0 Å². The number of benzene rings is 7. The third-order valence-corrected chi connectivity index (χ3v) is 10.7. The van der Waals surface area contributed by atoms with E-state index in [0.29, 0.717) is 34.9 Å². The van der Waals surface area contributed by atoms with Gasteiger partial charge in [0.2, 0.25) is 0 Å². The summed E-state index contributed by atoms with van der Waals surface area (Å²) in [5, 5.41) is 2.34. The first kappa shape index (κ1) is 32.4. The Bertz CT molecular complexity index is 2850. The number of aromatic nitrogens is 6. The molecule has 0 unspecified atom stereocenters. The summed E-state index contributed by atoms with van der Waals surface area (Å²) < 4.78 is 2.40. The van der Waals surface area contributed by atoms with Crippen LogP contribution in [-0.4, -0.2) is 29.9 Å². The van der Waals surface area contributed by atoms with Crippen molar-refractivity contribution in [1.82, 2.24) is 29.9 Å². The van der Waals surface area contributed by atoms with Crippen molar-refractivity contribution < 1.29 is 0 Å². The summed E-state index contributed by atoms with van der Waals surface area (Å²) >= 11 is 1.79. The second-order valence-electron chi connectivity index (χ2n) is 13.1. The summed E-state index contributed by atoms with van der Waals surface area (Å²) in [7, 11) is 0. The highest BCUT2D eigenvalue weighted by Crippen LogP contribution is 2.45. The van der Waals surface area contributed by atoms with Gasteiger partial charge in [-0.2, -0.15) is 0 Å². The fraction of sp³-hybridized carbons (Fsp3) is 0. The molecule has 0 saturated heterocycles. The van der Waals surface area contributed by atoms with Gasteiger partial charge in [-0.3, -0.25) is 0 Å². The lowest BCUT2D eigenvalue weighted by Crippen LogP contribution is -2.01. The molecule has 0 bridgehead atoms. The molecular formula is C48H30N6S. The standard InChI is InChI=1S/C48H30N6S/c1-5-16-31(17-6-1)43-49-44(32-18-7-2-8-19-32)52-47(51-43)36-25-15-24-35(30-36)41-38(28-29-40-42(41)37-26-13-14-27-39(37)55-40)48-53-45(33-20-9-3-10-21-33)50-46(54-48)34-22-11-4-12-23-34/h1-30H. The van der Waals surface area contributed by atoms with Crippen LogP contribution in [0.1, 0.15) is 0 Å². The van der Waals surface area contributed by atoms with E-state index in [1.165, 1.54) is 14.8 Å². The molecule has 0 saturated carbocycles. The number of hydrogen-bond acceptors (Lipinski definition) is 7. The van der Waals surface area contributed by atoms with E-state index >= 15 is 0 Å². The van der Waals surface area contributed by atoms with Crippen LogP contribution in [0.4, 0.5) is 0 Å². The maximum atomic E-state index is 5.18. The van der Waals surface area contributed by atoms with Crippen LogP contribution in [0.25, 0.3) is 99.6 Å². The maximum Gasteiger partial charge on any atom is 0.164 e. The minimum absolute atomic E-state index is 0.594. The monoisotopic (exact) mass is 722 g/mol. The zero-order valence-corrected chi connectivity index (χ0v) is 30.2. The summed E-state index contributed by atoms with van der Waals surface area (Å²) in [6.07, 6.45) is 0. The molecular weight excluding hydrogens is 693 g/mol. The second-order valence-corrected chi connectivity index (χ2v) is 14.2. The van der Waals surface area contributed by atoms with E-state index in [0.717, 1.165) is 49.9 Å². The van der Waals surface area contributed by atoms with E-state index in [4.69, 9.17) is 29.9 Å². The molecule has 0 fully saturated rings. The molecule has 0 atom stereocenters. The molecule has 258 valence electrons. The largest absolute Gasteiger partial charge is 0.208 e. The van der Waals surface area contributed by atoms with Gasteiger partial charge in [0.15, 0.2) is 34.9 Å². The molecule has 55 heavy (non-hydrogen) atoms. The first-order chi connectivity index (χ1) is 27.2. The number of nitrogens with zero attached hydrogens (tertiary/aromatic N) is 6. The molecule has 3 aromatic heterocycles. The summed E-state index contributed by atoms with van der Waals surface area (Å²) in [6.45, 7) is 0. The van der Waals surface area contributed by atoms with Gasteiger partial charge in [0.05, 0.1) is 0 Å². The lowest BCUT2D eigenvalue weighted by Gasteiger charge is -2.15. The van der Waals surface area contributed by atoms with Crippen molar-refractivity contribution in [2.45, 2.75) is 0 Å². The minimum atomic E-state index is 0.594. The number of thiophene rings is 1. The van der Waals surface area contributed by atoms with Crippen molar-refractivity contribution in [3.8, 4) is 79.5 Å². The van der Waals surface area contributed by atoms with Crippen molar-refractivity contribution >= 4 is 31.5 Å². The van der Waals surface area contributed by atoms with Gasteiger partial charge in [0, 0.05) is 59.1 Å². The Kier molecular flexibility index (Phi) is 8.24. The molecule has 7 aromatic carbocycles. The third kappa shape index (κ3) is 6.22. The SMILES string of the molecule is c1ccc(-c2nc(-c3ccccc3)nc(-c3cccc(-c4c(-c5nc(-c6ccccc6)nc(-c6ccccc6)n5)ccc5sc6ccccc6c45)c3)n2)cc1. The summed E-state index contributed by atoms with van der Waals surface area (Å²) in [4.78, 5) is 30.4. The number of hydrogen-bond donors (Lipinski definition) is 0. The van der Waals surface area contributed by atoms with Crippen molar-refractivity contribution in [2.24, 2.45) is 0 Å². The number of fused-ring (bicyclic) bond motifs is 3. The van der Waals surface area contributed by atoms with Gasteiger partial charge >= 0.3 is 0 Å². The molecule has 6 nitrogen and oxygen atoms in total. The van der Waals surface area contributed by atoms with Crippen LogP contribution < -0.4 is 0 Å². The highest BCUT2D eigenvalue weighted by Gasteiger charge is 2.21. The predicted octanol–water partition coefficient (Wildman–Crippen LogP) is 12.1. The Balaban J connectivity index is 1.22. The van der Waals surface area contributed by atoms with Gasteiger partial charge in [0.1, 0.15) is 0 Å². The average Bonchev–Trinajstić information content (AvgIpc) is 3.66. The molecule has 0 aliphatic carbocycles. The van der Waals surface area contributed by atoms with Crippen LogP contribution in [0.3, 0.4) is 0 Å². The topological polar surface area (TPSA) is 77.3 Å². The normalized spacial score (nSPS) is 11.3. The van der Waals surface area contributed by atoms with E-state index in [1.54, 1.807) is 11.3 Å². The zero-order chi connectivity index (χ0) is 36.6. The molecule has 0 N–H and O–H groups in total. The Morgan fingerprint density at radius 3 is 1.20 bits per heavy atom. The lowest BCUT2D eigenvalue weighted by molar-refractivity contribution is 1.07. The highest BCUT2D eigenvalue weighted by atomic mass is 32.1. The van der Waals surface area contributed by atoms with Gasteiger partial charge in [-0.05, 0) is 29.8 Å². The Morgan fingerprint density at radius 1 is 0.291 bits per heavy atom. The molecule has 0 amide bonds.